The summed E-state index contributed by atoms with van der Waals surface area (Å²) in [7, 11) is 2.14. The van der Waals surface area contributed by atoms with Crippen LogP contribution >= 0.6 is 0 Å². The van der Waals surface area contributed by atoms with Gasteiger partial charge < -0.3 is 9.80 Å². The minimum Gasteiger partial charge on any atom is -0.305 e. The first-order valence-electron chi connectivity index (χ1n) is 5.55. The van der Waals surface area contributed by atoms with E-state index in [0.717, 1.165) is 32.7 Å². The van der Waals surface area contributed by atoms with Gasteiger partial charge in [-0.15, -0.1) is 0 Å². The maximum absolute atomic E-state index is 11.3. The van der Waals surface area contributed by atoms with Crippen LogP contribution < -0.4 is 11.3 Å². The number of hydrogen-bond donors (Lipinski definition) is 2. The average Bonchev–Trinajstić information content (AvgIpc) is 2.42. The molecule has 5 nitrogen and oxygen atoms in total. The van der Waals surface area contributed by atoms with Gasteiger partial charge in [-0.25, -0.2) is 5.84 Å². The van der Waals surface area contributed by atoms with Gasteiger partial charge in [-0.05, 0) is 26.6 Å². The van der Waals surface area contributed by atoms with E-state index in [2.05, 4.69) is 22.3 Å². The van der Waals surface area contributed by atoms with E-state index < -0.39 is 0 Å². The van der Waals surface area contributed by atoms with Crippen LogP contribution in [0.25, 0.3) is 0 Å². The molecular formula is C10H22N4O. The number of amides is 1. The lowest BCUT2D eigenvalue weighted by atomic mass is 10.1. The molecule has 1 heterocycles. The average molecular weight is 214 g/mol. The molecular weight excluding hydrogens is 192 g/mol. The molecule has 0 bridgehead atoms. The first-order chi connectivity index (χ1) is 7.13. The normalized spacial score (nSPS) is 22.1. The quantitative estimate of drug-likeness (QED) is 0.369. The molecule has 0 spiro atoms. The molecule has 0 aromatic heterocycles. The summed E-state index contributed by atoms with van der Waals surface area (Å²) in [6.45, 7) is 7.06. The lowest BCUT2D eigenvalue weighted by Crippen LogP contribution is -2.41. The highest BCUT2D eigenvalue weighted by Crippen LogP contribution is 2.05. The van der Waals surface area contributed by atoms with E-state index in [4.69, 9.17) is 5.84 Å². The topological polar surface area (TPSA) is 61.6 Å². The van der Waals surface area contributed by atoms with Gasteiger partial charge in [0.05, 0.1) is 0 Å². The summed E-state index contributed by atoms with van der Waals surface area (Å²) in [5.41, 5.74) is 2.20. The van der Waals surface area contributed by atoms with E-state index in [1.165, 1.54) is 6.42 Å². The molecule has 0 radical (unpaired) electrons. The Morgan fingerprint density at radius 1 is 1.40 bits per heavy atom. The smallest absolute Gasteiger partial charge is 0.237 e. The van der Waals surface area contributed by atoms with Crippen molar-refractivity contribution in [2.75, 3.05) is 39.8 Å². The van der Waals surface area contributed by atoms with Crippen molar-refractivity contribution in [3.8, 4) is 0 Å². The van der Waals surface area contributed by atoms with Gasteiger partial charge in [0.25, 0.3) is 0 Å². The second-order valence-corrected chi connectivity index (χ2v) is 4.37. The fourth-order valence-corrected chi connectivity index (χ4v) is 1.90. The van der Waals surface area contributed by atoms with Gasteiger partial charge in [-0.2, -0.15) is 0 Å². The van der Waals surface area contributed by atoms with Crippen LogP contribution in [-0.4, -0.2) is 55.5 Å². The molecule has 15 heavy (non-hydrogen) atoms. The maximum Gasteiger partial charge on any atom is 0.237 e. The number of likely N-dealkylation sites (N-methyl/N-ethyl adjacent to an activating group) is 1. The highest BCUT2D eigenvalue weighted by molar-refractivity contribution is 5.77. The highest BCUT2D eigenvalue weighted by atomic mass is 16.2. The van der Waals surface area contributed by atoms with Gasteiger partial charge in [0.2, 0.25) is 5.91 Å². The van der Waals surface area contributed by atoms with Gasteiger partial charge in [-0.3, -0.25) is 10.2 Å². The van der Waals surface area contributed by atoms with E-state index in [9.17, 15) is 4.79 Å². The zero-order valence-corrected chi connectivity index (χ0v) is 9.70. The van der Waals surface area contributed by atoms with Crippen LogP contribution in [0.1, 0.15) is 13.3 Å². The second-order valence-electron chi connectivity index (χ2n) is 4.37. The van der Waals surface area contributed by atoms with Crippen LogP contribution in [0.4, 0.5) is 0 Å². The molecule has 0 aliphatic carbocycles. The van der Waals surface area contributed by atoms with Crippen molar-refractivity contribution in [2.24, 2.45) is 11.8 Å². The lowest BCUT2D eigenvalue weighted by molar-refractivity contribution is -0.125. The largest absolute Gasteiger partial charge is 0.305 e. The first-order valence-corrected chi connectivity index (χ1v) is 5.55. The van der Waals surface area contributed by atoms with E-state index in [1.54, 1.807) is 0 Å². The Kier molecular flexibility index (Phi) is 5.01. The number of hydrazine groups is 1. The van der Waals surface area contributed by atoms with Gasteiger partial charge in [-0.1, -0.05) is 6.92 Å². The minimum atomic E-state index is -0.0763. The standard InChI is InChI=1S/C10H22N4O/c1-9(10(15)12-11)8-14-5-3-4-13(2)6-7-14/h9H,3-8,11H2,1-2H3,(H,12,15). The molecule has 3 N–H and O–H groups in total. The predicted octanol–water partition coefficient (Wildman–Crippen LogP) is -0.750. The lowest BCUT2D eigenvalue weighted by Gasteiger charge is -2.22. The number of nitrogens with one attached hydrogen (secondary N) is 1. The van der Waals surface area contributed by atoms with Crippen LogP contribution in [0, 0.1) is 5.92 Å². The second kappa shape index (κ2) is 6.05. The SMILES string of the molecule is CC(CN1CCCN(C)CC1)C(=O)NN. The maximum atomic E-state index is 11.3. The summed E-state index contributed by atoms with van der Waals surface area (Å²) in [4.78, 5) is 15.9. The third kappa shape index (κ3) is 4.15. The Hall–Kier alpha value is -0.650. The summed E-state index contributed by atoms with van der Waals surface area (Å²) < 4.78 is 0. The van der Waals surface area contributed by atoms with Crippen LogP contribution in [0.3, 0.4) is 0 Å². The fraction of sp³-hybridized carbons (Fsp3) is 0.900. The van der Waals surface area contributed by atoms with Crippen molar-refractivity contribution in [3.05, 3.63) is 0 Å². The molecule has 0 aromatic rings. The first kappa shape index (κ1) is 12.4. The molecule has 1 rings (SSSR count). The van der Waals surface area contributed by atoms with Gasteiger partial charge in [0, 0.05) is 25.6 Å². The monoisotopic (exact) mass is 214 g/mol. The Bertz CT molecular complexity index is 210. The van der Waals surface area contributed by atoms with Crippen molar-refractivity contribution < 1.29 is 4.79 Å². The van der Waals surface area contributed by atoms with Crippen molar-refractivity contribution in [3.63, 3.8) is 0 Å². The van der Waals surface area contributed by atoms with Gasteiger partial charge in [0.15, 0.2) is 0 Å². The molecule has 88 valence electrons. The summed E-state index contributed by atoms with van der Waals surface area (Å²) >= 11 is 0. The molecule has 1 amide bonds. The molecule has 0 aromatic carbocycles. The Morgan fingerprint density at radius 3 is 2.80 bits per heavy atom. The Morgan fingerprint density at radius 2 is 2.13 bits per heavy atom. The number of carbonyl (C=O) groups is 1. The Labute approximate surface area is 91.6 Å². The van der Waals surface area contributed by atoms with Crippen molar-refractivity contribution >= 4 is 5.91 Å². The van der Waals surface area contributed by atoms with E-state index in [0.29, 0.717) is 0 Å². The molecule has 1 saturated heterocycles. The molecule has 1 fully saturated rings. The molecule has 1 atom stereocenters. The van der Waals surface area contributed by atoms with Gasteiger partial charge in [0.1, 0.15) is 0 Å². The Balaban J connectivity index is 2.34. The molecule has 0 saturated carbocycles. The summed E-state index contributed by atoms with van der Waals surface area (Å²) in [6.07, 6.45) is 1.17. The third-order valence-corrected chi connectivity index (χ3v) is 2.93. The summed E-state index contributed by atoms with van der Waals surface area (Å²) in [6, 6.07) is 0. The zero-order valence-electron chi connectivity index (χ0n) is 9.70. The van der Waals surface area contributed by atoms with Crippen LogP contribution in [0.2, 0.25) is 0 Å². The van der Waals surface area contributed by atoms with Crippen LogP contribution in [-0.2, 0) is 4.79 Å². The number of hydrogen-bond acceptors (Lipinski definition) is 4. The van der Waals surface area contributed by atoms with Crippen molar-refractivity contribution in [1.82, 2.24) is 15.2 Å². The van der Waals surface area contributed by atoms with Crippen molar-refractivity contribution in [2.45, 2.75) is 13.3 Å². The fourth-order valence-electron chi connectivity index (χ4n) is 1.90. The zero-order chi connectivity index (χ0) is 11.3. The van der Waals surface area contributed by atoms with Gasteiger partial charge >= 0.3 is 0 Å². The van der Waals surface area contributed by atoms with E-state index in [-0.39, 0.29) is 11.8 Å². The summed E-state index contributed by atoms with van der Waals surface area (Å²) in [5.74, 6) is 5.00. The molecule has 1 unspecified atom stereocenters. The molecule has 5 heteroatoms. The number of nitrogens with two attached hydrogens (primary N) is 1. The summed E-state index contributed by atoms with van der Waals surface area (Å²) in [5, 5.41) is 0. The van der Waals surface area contributed by atoms with E-state index in [1.807, 2.05) is 6.92 Å². The van der Waals surface area contributed by atoms with Crippen LogP contribution in [0.15, 0.2) is 0 Å². The van der Waals surface area contributed by atoms with Crippen LogP contribution in [0.5, 0.6) is 0 Å². The van der Waals surface area contributed by atoms with Crippen molar-refractivity contribution in [1.29, 1.82) is 0 Å². The predicted molar refractivity (Wildman–Crippen MR) is 60.0 cm³/mol. The minimum absolute atomic E-state index is 0.0293. The highest BCUT2D eigenvalue weighted by Gasteiger charge is 2.18. The molecule has 1 aliphatic rings. The number of rotatable bonds is 3. The number of carbonyl (C=O) groups excluding carboxylic acids is 1. The molecule has 1 aliphatic heterocycles. The van der Waals surface area contributed by atoms with E-state index >= 15 is 0 Å². The number of nitrogens with zero attached hydrogens (tertiary/aromatic N) is 2. The third-order valence-electron chi connectivity index (χ3n) is 2.93.